The van der Waals surface area contributed by atoms with Crippen molar-refractivity contribution in [3.63, 3.8) is 0 Å². The summed E-state index contributed by atoms with van der Waals surface area (Å²) >= 11 is 12.5. The van der Waals surface area contributed by atoms with Crippen LogP contribution in [0.2, 0.25) is 10.2 Å². The van der Waals surface area contributed by atoms with E-state index in [0.29, 0.717) is 27.2 Å². The molecule has 5 aromatic rings. The zero-order valence-corrected chi connectivity index (χ0v) is 22.2. The van der Waals surface area contributed by atoms with Crippen LogP contribution in [0.1, 0.15) is 5.56 Å². The first-order chi connectivity index (χ1) is 19.2. The van der Waals surface area contributed by atoms with E-state index in [4.69, 9.17) is 43.6 Å². The number of nitrogens with zero attached hydrogens (tertiary/aromatic N) is 1. The highest BCUT2D eigenvalue weighted by Crippen LogP contribution is 2.39. The Morgan fingerprint density at radius 2 is 1.43 bits per heavy atom. The Morgan fingerprint density at radius 3 is 1.95 bits per heavy atom. The Balaban J connectivity index is 0.000000224. The number of carbonyl (C=O) groups excluding carboxylic acids is 2. The van der Waals surface area contributed by atoms with Gasteiger partial charge < -0.3 is 10.8 Å². The molecule has 6 nitrogen and oxygen atoms in total. The number of carboxylic acid groups (broad SMARTS) is 1. The fourth-order valence-corrected chi connectivity index (χ4v) is 4.06. The third kappa shape index (κ3) is 9.93. The van der Waals surface area contributed by atoms with Crippen LogP contribution in [-0.4, -0.2) is 22.2 Å². The summed E-state index contributed by atoms with van der Waals surface area (Å²) in [4.78, 5) is 30.6. The number of pyridine rings is 1. The molecule has 0 aliphatic rings. The first kappa shape index (κ1) is 31.6. The average molecular weight is 583 g/mol. The Hall–Kier alpha value is -4.62. The lowest BCUT2D eigenvalue weighted by Crippen LogP contribution is -1.98. The standard InChI is InChI=1S/C15H8Cl2FN.C8H8O2.C6H6FN.CO2/c16-14-12(9-5-2-1-3-6-9)15(17)19-11-8-4-7-10(18)13(11)14;9-8(10)6-7-4-2-1-3-5-7;7-5-2-1-3-6(8)4-5;2-1-3/h1-8H;1-5H,6H2,(H,9,10);1-4H,8H2;. The van der Waals surface area contributed by atoms with Crippen molar-refractivity contribution in [3.8, 4) is 11.1 Å². The van der Waals surface area contributed by atoms with Crippen LogP contribution in [0, 0.1) is 11.6 Å². The largest absolute Gasteiger partial charge is 0.481 e. The molecule has 0 fully saturated rings. The Bertz CT molecular complexity index is 1560. The van der Waals surface area contributed by atoms with Crippen molar-refractivity contribution in [3.05, 3.63) is 131 Å². The van der Waals surface area contributed by atoms with Crippen LogP contribution in [-0.2, 0) is 20.8 Å². The first-order valence-electron chi connectivity index (χ1n) is 11.4. The van der Waals surface area contributed by atoms with Crippen LogP contribution >= 0.6 is 23.2 Å². The molecule has 0 saturated carbocycles. The highest BCUT2D eigenvalue weighted by Gasteiger charge is 2.16. The van der Waals surface area contributed by atoms with Gasteiger partial charge in [-0.15, -0.1) is 0 Å². The van der Waals surface area contributed by atoms with Crippen LogP contribution in [0.5, 0.6) is 0 Å². The van der Waals surface area contributed by atoms with Gasteiger partial charge in [-0.1, -0.05) is 96.0 Å². The number of fused-ring (bicyclic) bond motifs is 1. The van der Waals surface area contributed by atoms with Crippen molar-refractivity contribution in [2.24, 2.45) is 0 Å². The molecule has 40 heavy (non-hydrogen) atoms. The lowest BCUT2D eigenvalue weighted by molar-refractivity contribution is -0.191. The summed E-state index contributed by atoms with van der Waals surface area (Å²) in [6, 6.07) is 29.0. The van der Waals surface area contributed by atoms with E-state index in [-0.39, 0.29) is 23.5 Å². The number of aliphatic carboxylic acids is 1. The van der Waals surface area contributed by atoms with E-state index in [0.717, 1.165) is 11.1 Å². The van der Waals surface area contributed by atoms with E-state index >= 15 is 0 Å². The van der Waals surface area contributed by atoms with E-state index in [1.165, 1.54) is 18.2 Å². The number of halogens is 4. The van der Waals surface area contributed by atoms with Crippen LogP contribution in [0.25, 0.3) is 22.0 Å². The summed E-state index contributed by atoms with van der Waals surface area (Å²) in [5.41, 5.74) is 8.35. The maximum absolute atomic E-state index is 13.9. The number of nitrogens with two attached hydrogens (primary N) is 1. The second-order valence-corrected chi connectivity index (χ2v) is 8.52. The molecule has 0 bridgehead atoms. The van der Waals surface area contributed by atoms with Gasteiger partial charge in [-0.3, -0.25) is 4.79 Å². The molecule has 3 N–H and O–H groups in total. The Morgan fingerprint density at radius 1 is 0.850 bits per heavy atom. The molecule has 1 heterocycles. The predicted molar refractivity (Wildman–Crippen MR) is 151 cm³/mol. The van der Waals surface area contributed by atoms with E-state index in [1.54, 1.807) is 36.4 Å². The molecular weight excluding hydrogens is 561 g/mol. The highest BCUT2D eigenvalue weighted by atomic mass is 35.5. The lowest BCUT2D eigenvalue weighted by Gasteiger charge is -2.10. The van der Waals surface area contributed by atoms with E-state index in [1.807, 2.05) is 48.5 Å². The average Bonchev–Trinajstić information content (AvgIpc) is 2.90. The van der Waals surface area contributed by atoms with Crippen molar-refractivity contribution >= 4 is 51.9 Å². The van der Waals surface area contributed by atoms with Gasteiger partial charge in [-0.25, -0.2) is 13.8 Å². The minimum atomic E-state index is -0.786. The topological polar surface area (TPSA) is 110 Å². The minimum Gasteiger partial charge on any atom is -0.481 e. The summed E-state index contributed by atoms with van der Waals surface area (Å²) in [6.45, 7) is 0. The molecular formula is C30H22Cl2F2N2O4. The number of nitrogen functional groups attached to an aromatic ring is 1. The number of hydrogen-bond donors (Lipinski definition) is 2. The fraction of sp³-hybridized carbons (Fsp3) is 0.0333. The van der Waals surface area contributed by atoms with Crippen LogP contribution in [0.4, 0.5) is 14.5 Å². The second kappa shape index (κ2) is 16.4. The normalized spacial score (nSPS) is 9.50. The zero-order valence-electron chi connectivity index (χ0n) is 20.7. The lowest BCUT2D eigenvalue weighted by atomic mass is 10.0. The number of carbonyl (C=O) groups is 1. The molecule has 0 aliphatic carbocycles. The summed E-state index contributed by atoms with van der Waals surface area (Å²) in [5, 5.41) is 9.23. The number of benzene rings is 4. The number of rotatable bonds is 3. The Kier molecular flexibility index (Phi) is 12.9. The number of hydrogen-bond acceptors (Lipinski definition) is 5. The molecule has 4 aromatic carbocycles. The molecule has 5 rings (SSSR count). The monoisotopic (exact) mass is 582 g/mol. The van der Waals surface area contributed by atoms with Gasteiger partial charge in [-0.2, -0.15) is 9.59 Å². The number of anilines is 1. The Labute approximate surface area is 238 Å². The second-order valence-electron chi connectivity index (χ2n) is 7.79. The maximum atomic E-state index is 13.9. The summed E-state index contributed by atoms with van der Waals surface area (Å²) in [6.07, 6.45) is 0.362. The molecule has 10 heteroatoms. The fourth-order valence-electron chi connectivity index (χ4n) is 3.33. The molecule has 0 amide bonds. The molecule has 0 aliphatic heterocycles. The van der Waals surface area contributed by atoms with Gasteiger partial charge in [0, 0.05) is 11.3 Å². The van der Waals surface area contributed by atoms with E-state index < -0.39 is 11.8 Å². The van der Waals surface area contributed by atoms with Gasteiger partial charge in [0.15, 0.2) is 0 Å². The molecule has 0 atom stereocenters. The third-order valence-corrected chi connectivity index (χ3v) is 5.62. The molecule has 0 radical (unpaired) electrons. The molecule has 0 unspecified atom stereocenters. The van der Waals surface area contributed by atoms with Gasteiger partial charge in [0.1, 0.15) is 16.8 Å². The van der Waals surface area contributed by atoms with Gasteiger partial charge in [0.25, 0.3) is 0 Å². The molecule has 1 aromatic heterocycles. The van der Waals surface area contributed by atoms with Crippen LogP contribution in [0.3, 0.4) is 0 Å². The summed E-state index contributed by atoms with van der Waals surface area (Å²) in [7, 11) is 0. The van der Waals surface area contributed by atoms with Crippen LogP contribution in [0.15, 0.2) is 103 Å². The van der Waals surface area contributed by atoms with E-state index in [9.17, 15) is 13.6 Å². The van der Waals surface area contributed by atoms with Gasteiger partial charge >= 0.3 is 12.1 Å². The van der Waals surface area contributed by atoms with Gasteiger partial charge in [0.2, 0.25) is 0 Å². The highest BCUT2D eigenvalue weighted by molar-refractivity contribution is 6.42. The first-order valence-corrected chi connectivity index (χ1v) is 12.2. The predicted octanol–water partition coefficient (Wildman–Crippen LogP) is 7.49. The molecule has 204 valence electrons. The zero-order chi connectivity index (χ0) is 29.5. The minimum absolute atomic E-state index is 0.112. The van der Waals surface area contributed by atoms with Crippen LogP contribution < -0.4 is 5.73 Å². The quantitative estimate of drug-likeness (QED) is 0.168. The van der Waals surface area contributed by atoms with Gasteiger partial charge in [-0.05, 0) is 41.5 Å². The van der Waals surface area contributed by atoms with Crippen molar-refractivity contribution in [2.45, 2.75) is 6.42 Å². The number of aromatic nitrogens is 1. The maximum Gasteiger partial charge on any atom is 0.373 e. The van der Waals surface area contributed by atoms with Crippen molar-refractivity contribution in [1.82, 2.24) is 4.98 Å². The van der Waals surface area contributed by atoms with Crippen molar-refractivity contribution in [2.75, 3.05) is 5.73 Å². The molecule has 0 spiro atoms. The summed E-state index contributed by atoms with van der Waals surface area (Å²) in [5.74, 6) is -1.47. The van der Waals surface area contributed by atoms with E-state index in [2.05, 4.69) is 4.98 Å². The van der Waals surface area contributed by atoms with Gasteiger partial charge in [0.05, 0.1) is 22.3 Å². The van der Waals surface area contributed by atoms with Crippen molar-refractivity contribution in [1.29, 1.82) is 0 Å². The summed E-state index contributed by atoms with van der Waals surface area (Å²) < 4.78 is 26.0. The number of carboxylic acids is 1. The smallest absolute Gasteiger partial charge is 0.373 e. The molecule has 0 saturated heterocycles. The van der Waals surface area contributed by atoms with Crippen molar-refractivity contribution < 1.29 is 28.3 Å². The SMILES string of the molecule is Fc1cccc2nc(Cl)c(-c3ccccc3)c(Cl)c12.Nc1cccc(F)c1.O=C(O)Cc1ccccc1.O=C=O. The third-order valence-electron chi connectivity index (χ3n) is 4.96.